The van der Waals surface area contributed by atoms with E-state index in [-0.39, 0.29) is 11.8 Å². The fraction of sp³-hybridized carbons (Fsp3) is 0.200. The van der Waals surface area contributed by atoms with E-state index in [1.807, 2.05) is 49.4 Å². The normalized spacial score (nSPS) is 15.2. The van der Waals surface area contributed by atoms with Gasteiger partial charge in [-0.15, -0.1) is 0 Å². The molecule has 0 spiro atoms. The molecule has 5 rings (SSSR count). The Morgan fingerprint density at radius 2 is 1.80 bits per heavy atom. The van der Waals surface area contributed by atoms with Crippen LogP contribution in [0.25, 0.3) is 0 Å². The van der Waals surface area contributed by atoms with Crippen molar-refractivity contribution in [1.29, 1.82) is 0 Å². The zero-order valence-electron chi connectivity index (χ0n) is 16.7. The van der Waals surface area contributed by atoms with Gasteiger partial charge in [0.05, 0.1) is 17.8 Å². The first-order chi connectivity index (χ1) is 14.6. The van der Waals surface area contributed by atoms with Gasteiger partial charge in [-0.2, -0.15) is 0 Å². The average molecular weight is 415 g/mol. The molecule has 0 atom stereocenters. The third-order valence-corrected chi connectivity index (χ3v) is 6.61. The van der Waals surface area contributed by atoms with Crippen LogP contribution in [0.2, 0.25) is 0 Å². The highest BCUT2D eigenvalue weighted by atomic mass is 32.2. The maximum absolute atomic E-state index is 13.6. The van der Waals surface area contributed by atoms with Crippen LogP contribution >= 0.6 is 11.8 Å². The van der Waals surface area contributed by atoms with Crippen LogP contribution in [-0.2, 0) is 6.54 Å². The molecule has 2 amide bonds. The first-order valence-corrected chi connectivity index (χ1v) is 11.0. The second-order valence-corrected chi connectivity index (χ2v) is 8.99. The predicted octanol–water partition coefficient (Wildman–Crippen LogP) is 5.20. The number of benzene rings is 3. The highest BCUT2D eigenvalue weighted by Crippen LogP contribution is 2.42. The van der Waals surface area contributed by atoms with Gasteiger partial charge < -0.3 is 10.2 Å². The Morgan fingerprint density at radius 1 is 1.03 bits per heavy atom. The van der Waals surface area contributed by atoms with Gasteiger partial charge in [-0.3, -0.25) is 9.59 Å². The van der Waals surface area contributed by atoms with Crippen LogP contribution in [0.3, 0.4) is 0 Å². The minimum Gasteiger partial charge on any atom is -0.349 e. The molecule has 0 radical (unpaired) electrons. The number of nitrogens with one attached hydrogen (secondary N) is 1. The fourth-order valence-electron chi connectivity index (χ4n) is 3.59. The third kappa shape index (κ3) is 3.73. The number of aryl methyl sites for hydroxylation is 1. The molecule has 1 aliphatic heterocycles. The number of rotatable bonds is 4. The molecule has 1 aliphatic carbocycles. The van der Waals surface area contributed by atoms with E-state index < -0.39 is 0 Å². The van der Waals surface area contributed by atoms with Crippen LogP contribution in [0.15, 0.2) is 76.5 Å². The fourth-order valence-corrected chi connectivity index (χ4v) is 4.65. The molecular formula is C25H22N2O2S. The second-order valence-electron chi connectivity index (χ2n) is 7.91. The quantitative estimate of drug-likeness (QED) is 0.638. The Hall–Kier alpha value is -3.05. The van der Waals surface area contributed by atoms with Crippen molar-refractivity contribution in [2.45, 2.75) is 42.1 Å². The minimum atomic E-state index is -0.0743. The number of amides is 2. The van der Waals surface area contributed by atoms with Crippen molar-refractivity contribution < 1.29 is 9.59 Å². The number of hydrogen-bond donors (Lipinski definition) is 1. The standard InChI is InChI=1S/C25H22N2O2S/c1-16-6-8-17(9-7-16)15-27-21-14-18(24(28)26-19-11-12-19)10-13-23(21)30-22-5-3-2-4-20(22)25(27)29/h2-10,13-14,19H,11-12,15H2,1H3,(H,26,28). The van der Waals surface area contributed by atoms with Crippen LogP contribution < -0.4 is 10.2 Å². The molecule has 0 unspecified atom stereocenters. The molecule has 0 saturated heterocycles. The van der Waals surface area contributed by atoms with Gasteiger partial charge in [0.25, 0.3) is 11.8 Å². The first kappa shape index (κ1) is 18.9. The van der Waals surface area contributed by atoms with Gasteiger partial charge >= 0.3 is 0 Å². The molecule has 1 saturated carbocycles. The van der Waals surface area contributed by atoms with E-state index in [4.69, 9.17) is 0 Å². The van der Waals surface area contributed by atoms with E-state index in [0.29, 0.717) is 23.7 Å². The van der Waals surface area contributed by atoms with Crippen molar-refractivity contribution in [2.24, 2.45) is 0 Å². The highest BCUT2D eigenvalue weighted by molar-refractivity contribution is 7.99. The molecule has 5 heteroatoms. The summed E-state index contributed by atoms with van der Waals surface area (Å²) in [4.78, 5) is 29.9. The summed E-state index contributed by atoms with van der Waals surface area (Å²) in [5.74, 6) is -0.119. The molecule has 0 aromatic heterocycles. The summed E-state index contributed by atoms with van der Waals surface area (Å²) in [6, 6.07) is 21.9. The van der Waals surface area contributed by atoms with Gasteiger partial charge in [0.1, 0.15) is 0 Å². The van der Waals surface area contributed by atoms with Gasteiger partial charge in [-0.05, 0) is 55.7 Å². The largest absolute Gasteiger partial charge is 0.349 e. The number of hydrogen-bond acceptors (Lipinski definition) is 3. The lowest BCUT2D eigenvalue weighted by Gasteiger charge is -2.24. The Bertz CT molecular complexity index is 1140. The van der Waals surface area contributed by atoms with Gasteiger partial charge in [0.15, 0.2) is 0 Å². The molecule has 1 N–H and O–H groups in total. The lowest BCUT2D eigenvalue weighted by Crippen LogP contribution is -2.31. The smallest absolute Gasteiger partial charge is 0.259 e. The van der Waals surface area contributed by atoms with Gasteiger partial charge in [0.2, 0.25) is 0 Å². The molecule has 2 aliphatic rings. The maximum Gasteiger partial charge on any atom is 0.259 e. The molecule has 150 valence electrons. The van der Waals surface area contributed by atoms with E-state index in [1.54, 1.807) is 16.7 Å². The lowest BCUT2D eigenvalue weighted by molar-refractivity contribution is 0.0947. The van der Waals surface area contributed by atoms with Gasteiger partial charge in [-0.1, -0.05) is 53.7 Å². The number of nitrogens with zero attached hydrogens (tertiary/aromatic N) is 1. The van der Waals surface area contributed by atoms with Crippen LogP contribution in [-0.4, -0.2) is 17.9 Å². The Balaban J connectivity index is 1.58. The van der Waals surface area contributed by atoms with Crippen molar-refractivity contribution in [3.05, 3.63) is 89.0 Å². The van der Waals surface area contributed by atoms with Crippen molar-refractivity contribution in [3.63, 3.8) is 0 Å². The Morgan fingerprint density at radius 3 is 2.57 bits per heavy atom. The second kappa shape index (κ2) is 7.65. The summed E-state index contributed by atoms with van der Waals surface area (Å²) in [6.45, 7) is 2.50. The molecule has 30 heavy (non-hydrogen) atoms. The van der Waals surface area contributed by atoms with Crippen LogP contribution in [0.4, 0.5) is 5.69 Å². The van der Waals surface area contributed by atoms with Crippen LogP contribution in [0.1, 0.15) is 44.7 Å². The topological polar surface area (TPSA) is 49.4 Å². The van der Waals surface area contributed by atoms with E-state index >= 15 is 0 Å². The van der Waals surface area contributed by atoms with Crippen LogP contribution in [0.5, 0.6) is 0 Å². The molecule has 4 nitrogen and oxygen atoms in total. The molecule has 0 bridgehead atoms. The van der Waals surface area contributed by atoms with Crippen LogP contribution in [0, 0.1) is 6.92 Å². The van der Waals surface area contributed by atoms with Crippen molar-refractivity contribution in [1.82, 2.24) is 5.32 Å². The zero-order valence-corrected chi connectivity index (χ0v) is 17.5. The summed E-state index contributed by atoms with van der Waals surface area (Å²) in [5, 5.41) is 3.04. The third-order valence-electron chi connectivity index (χ3n) is 5.47. The summed E-state index contributed by atoms with van der Waals surface area (Å²) < 4.78 is 0. The lowest BCUT2D eigenvalue weighted by atomic mass is 10.1. The minimum absolute atomic E-state index is 0.0443. The maximum atomic E-state index is 13.6. The number of anilines is 1. The van der Waals surface area contributed by atoms with E-state index in [1.165, 1.54) is 5.56 Å². The van der Waals surface area contributed by atoms with Gasteiger partial charge in [-0.25, -0.2) is 0 Å². The molecule has 1 heterocycles. The Kier molecular flexibility index (Phi) is 4.83. The molecular weight excluding hydrogens is 392 g/mol. The number of fused-ring (bicyclic) bond motifs is 2. The molecule has 3 aromatic rings. The summed E-state index contributed by atoms with van der Waals surface area (Å²) >= 11 is 1.58. The monoisotopic (exact) mass is 414 g/mol. The predicted molar refractivity (Wildman–Crippen MR) is 119 cm³/mol. The summed E-state index contributed by atoms with van der Waals surface area (Å²) in [6.07, 6.45) is 2.08. The highest BCUT2D eigenvalue weighted by Gasteiger charge is 2.29. The molecule has 1 fully saturated rings. The van der Waals surface area contributed by atoms with Crippen molar-refractivity contribution >= 4 is 29.3 Å². The number of carbonyl (C=O) groups is 2. The van der Waals surface area contributed by atoms with E-state index in [0.717, 1.165) is 33.9 Å². The number of carbonyl (C=O) groups excluding carboxylic acids is 2. The van der Waals surface area contributed by atoms with Crippen molar-refractivity contribution in [2.75, 3.05) is 4.90 Å². The van der Waals surface area contributed by atoms with E-state index in [2.05, 4.69) is 29.6 Å². The van der Waals surface area contributed by atoms with E-state index in [9.17, 15) is 9.59 Å². The zero-order chi connectivity index (χ0) is 20.7. The SMILES string of the molecule is Cc1ccc(CN2C(=O)c3ccccc3Sc3ccc(C(=O)NC4CC4)cc32)cc1. The average Bonchev–Trinajstić information content (AvgIpc) is 3.58. The van der Waals surface area contributed by atoms with Gasteiger partial charge in [0, 0.05) is 21.4 Å². The molecule has 3 aromatic carbocycles. The summed E-state index contributed by atoms with van der Waals surface area (Å²) in [7, 11) is 0. The summed E-state index contributed by atoms with van der Waals surface area (Å²) in [5.41, 5.74) is 4.30. The Labute approximate surface area is 180 Å². The van der Waals surface area contributed by atoms with Crippen molar-refractivity contribution in [3.8, 4) is 0 Å². The first-order valence-electron chi connectivity index (χ1n) is 10.2.